The van der Waals surface area contributed by atoms with Gasteiger partial charge in [-0.2, -0.15) is 0 Å². The molecule has 0 saturated heterocycles. The molecule has 29 heavy (non-hydrogen) atoms. The molecule has 0 radical (unpaired) electrons. The summed E-state index contributed by atoms with van der Waals surface area (Å²) in [7, 11) is 0. The third-order valence-electron chi connectivity index (χ3n) is 4.54. The van der Waals surface area contributed by atoms with Crippen molar-refractivity contribution in [1.29, 1.82) is 0 Å². The van der Waals surface area contributed by atoms with Crippen molar-refractivity contribution in [2.45, 2.75) is 13.0 Å². The van der Waals surface area contributed by atoms with Crippen LogP contribution in [0.25, 0.3) is 12.2 Å². The minimum absolute atomic E-state index is 0.198. The second kappa shape index (κ2) is 9.22. The maximum atomic E-state index is 12.8. The van der Waals surface area contributed by atoms with Crippen LogP contribution in [0.4, 0.5) is 0 Å². The molecule has 0 spiro atoms. The Bertz CT molecular complexity index is 1040. The Morgan fingerprint density at radius 3 is 2.24 bits per heavy atom. The minimum atomic E-state index is -0.977. The van der Waals surface area contributed by atoms with E-state index in [1.165, 1.54) is 12.1 Å². The molecule has 1 atom stereocenters. The summed E-state index contributed by atoms with van der Waals surface area (Å²) >= 11 is 5.91. The predicted octanol–water partition coefficient (Wildman–Crippen LogP) is 5.70. The Hall–Kier alpha value is -3.37. The first kappa shape index (κ1) is 20.4. The molecule has 5 heteroatoms. The highest BCUT2D eigenvalue weighted by Crippen LogP contribution is 2.18. The summed E-state index contributed by atoms with van der Waals surface area (Å²) in [6.45, 7) is 1.86. The first-order valence-electron chi connectivity index (χ1n) is 9.11. The predicted molar refractivity (Wildman–Crippen MR) is 116 cm³/mol. The maximum absolute atomic E-state index is 12.8. The normalized spacial score (nSPS) is 11.9. The second-order valence-electron chi connectivity index (χ2n) is 6.59. The standard InChI is InChI=1S/C24H20ClNO3/c1-16(18-10-12-20(13-11-18)24(28)29)26-23(27)22-5-3-2-4-19(22)9-6-17-7-14-21(25)15-8-17/h2-16H,1H3,(H,26,27)(H,28,29)/t16-/m0/s1. The molecule has 0 aliphatic carbocycles. The fourth-order valence-electron chi connectivity index (χ4n) is 2.88. The third kappa shape index (κ3) is 5.33. The first-order valence-corrected chi connectivity index (χ1v) is 9.48. The zero-order valence-corrected chi connectivity index (χ0v) is 16.6. The van der Waals surface area contributed by atoms with Gasteiger partial charge in [0.25, 0.3) is 5.91 Å². The number of aromatic carboxylic acids is 1. The van der Waals surface area contributed by atoms with E-state index in [4.69, 9.17) is 16.7 Å². The average Bonchev–Trinajstić information content (AvgIpc) is 2.73. The molecule has 2 N–H and O–H groups in total. The van der Waals surface area contributed by atoms with Crippen molar-refractivity contribution in [3.05, 3.63) is 106 Å². The van der Waals surface area contributed by atoms with E-state index in [1.54, 1.807) is 18.2 Å². The van der Waals surface area contributed by atoms with Crippen molar-refractivity contribution >= 4 is 35.6 Å². The monoisotopic (exact) mass is 405 g/mol. The highest BCUT2D eigenvalue weighted by atomic mass is 35.5. The molecule has 3 aromatic carbocycles. The van der Waals surface area contributed by atoms with Gasteiger partial charge in [-0.25, -0.2) is 4.79 Å². The highest BCUT2D eigenvalue weighted by Gasteiger charge is 2.14. The van der Waals surface area contributed by atoms with Gasteiger partial charge in [-0.15, -0.1) is 0 Å². The van der Waals surface area contributed by atoms with Gasteiger partial charge in [-0.1, -0.05) is 66.2 Å². The largest absolute Gasteiger partial charge is 0.478 e. The Kier molecular flexibility index (Phi) is 6.47. The summed E-state index contributed by atoms with van der Waals surface area (Å²) in [5.74, 6) is -1.18. The van der Waals surface area contributed by atoms with Crippen LogP contribution in [0, 0.1) is 0 Å². The van der Waals surface area contributed by atoms with Crippen LogP contribution in [0.15, 0.2) is 72.8 Å². The van der Waals surface area contributed by atoms with Gasteiger partial charge < -0.3 is 10.4 Å². The lowest BCUT2D eigenvalue weighted by Crippen LogP contribution is -2.27. The van der Waals surface area contributed by atoms with Crippen LogP contribution in [-0.2, 0) is 0 Å². The van der Waals surface area contributed by atoms with E-state index < -0.39 is 5.97 Å². The number of carbonyl (C=O) groups excluding carboxylic acids is 1. The summed E-state index contributed by atoms with van der Waals surface area (Å²) in [5.41, 5.74) is 3.39. The SMILES string of the molecule is C[C@H](NC(=O)c1ccccc1C=Cc1ccc(Cl)cc1)c1ccc(C(=O)O)cc1. The lowest BCUT2D eigenvalue weighted by molar-refractivity contribution is 0.0696. The minimum Gasteiger partial charge on any atom is -0.478 e. The highest BCUT2D eigenvalue weighted by molar-refractivity contribution is 6.30. The van der Waals surface area contributed by atoms with Crippen molar-refractivity contribution < 1.29 is 14.7 Å². The number of carbonyl (C=O) groups is 2. The molecular formula is C24H20ClNO3. The lowest BCUT2D eigenvalue weighted by atomic mass is 10.0. The Balaban J connectivity index is 1.75. The number of nitrogens with one attached hydrogen (secondary N) is 1. The molecule has 1 amide bonds. The van der Waals surface area contributed by atoms with Gasteiger partial charge in [0.05, 0.1) is 11.6 Å². The molecular weight excluding hydrogens is 386 g/mol. The van der Waals surface area contributed by atoms with Crippen LogP contribution >= 0.6 is 11.6 Å². The number of halogens is 1. The van der Waals surface area contributed by atoms with Crippen molar-refractivity contribution in [3.8, 4) is 0 Å². The number of hydrogen-bond acceptors (Lipinski definition) is 2. The van der Waals surface area contributed by atoms with E-state index in [2.05, 4.69) is 5.32 Å². The molecule has 0 unspecified atom stereocenters. The van der Waals surface area contributed by atoms with Crippen molar-refractivity contribution in [1.82, 2.24) is 5.32 Å². The third-order valence-corrected chi connectivity index (χ3v) is 4.79. The lowest BCUT2D eigenvalue weighted by Gasteiger charge is -2.15. The van der Waals surface area contributed by atoms with E-state index in [0.29, 0.717) is 10.6 Å². The van der Waals surface area contributed by atoms with Gasteiger partial charge in [0.1, 0.15) is 0 Å². The quantitative estimate of drug-likeness (QED) is 0.517. The summed E-state index contributed by atoms with van der Waals surface area (Å²) < 4.78 is 0. The molecule has 0 aliphatic heterocycles. The van der Waals surface area contributed by atoms with Crippen molar-refractivity contribution in [3.63, 3.8) is 0 Å². The molecule has 3 aromatic rings. The van der Waals surface area contributed by atoms with Gasteiger partial charge in [0, 0.05) is 10.6 Å². The maximum Gasteiger partial charge on any atom is 0.335 e. The molecule has 0 aromatic heterocycles. The summed E-state index contributed by atoms with van der Waals surface area (Å²) in [4.78, 5) is 23.8. The van der Waals surface area contributed by atoms with E-state index in [9.17, 15) is 9.59 Å². The first-order chi connectivity index (χ1) is 13.9. The summed E-state index contributed by atoms with van der Waals surface area (Å²) in [6, 6.07) is 21.0. The molecule has 146 valence electrons. The topological polar surface area (TPSA) is 66.4 Å². The fraction of sp³-hybridized carbons (Fsp3) is 0.0833. The van der Waals surface area contributed by atoms with Crippen molar-refractivity contribution in [2.24, 2.45) is 0 Å². The Labute approximate surface area is 174 Å². The number of carboxylic acids is 1. The number of benzene rings is 3. The summed E-state index contributed by atoms with van der Waals surface area (Å²) in [5, 5.41) is 12.6. The van der Waals surface area contributed by atoms with E-state index >= 15 is 0 Å². The van der Waals surface area contributed by atoms with Crippen LogP contribution in [0.3, 0.4) is 0 Å². The molecule has 0 fully saturated rings. The van der Waals surface area contributed by atoms with Gasteiger partial charge in [0.15, 0.2) is 0 Å². The number of carboxylic acid groups (broad SMARTS) is 1. The van der Waals surface area contributed by atoms with E-state index in [1.807, 2.05) is 61.5 Å². The van der Waals surface area contributed by atoms with Gasteiger partial charge in [-0.05, 0) is 53.9 Å². The smallest absolute Gasteiger partial charge is 0.335 e. The van der Waals surface area contributed by atoms with Crippen LogP contribution in [0.1, 0.15) is 50.4 Å². The molecule has 4 nitrogen and oxygen atoms in total. The Morgan fingerprint density at radius 2 is 1.59 bits per heavy atom. The van der Waals surface area contributed by atoms with E-state index in [-0.39, 0.29) is 17.5 Å². The van der Waals surface area contributed by atoms with Crippen molar-refractivity contribution in [2.75, 3.05) is 0 Å². The van der Waals surface area contributed by atoms with Gasteiger partial charge >= 0.3 is 5.97 Å². The molecule has 0 saturated carbocycles. The fourth-order valence-corrected chi connectivity index (χ4v) is 3.01. The van der Waals surface area contributed by atoms with Crippen LogP contribution in [-0.4, -0.2) is 17.0 Å². The van der Waals surface area contributed by atoms with Crippen LogP contribution in [0.5, 0.6) is 0 Å². The second-order valence-corrected chi connectivity index (χ2v) is 7.03. The Morgan fingerprint density at radius 1 is 0.931 bits per heavy atom. The molecule has 3 rings (SSSR count). The summed E-state index contributed by atoms with van der Waals surface area (Å²) in [6.07, 6.45) is 3.82. The van der Waals surface area contributed by atoms with Gasteiger partial charge in [0.2, 0.25) is 0 Å². The molecule has 0 bridgehead atoms. The number of hydrogen-bond donors (Lipinski definition) is 2. The van der Waals surface area contributed by atoms with Crippen LogP contribution in [0.2, 0.25) is 5.02 Å². The number of rotatable bonds is 6. The van der Waals surface area contributed by atoms with Crippen LogP contribution < -0.4 is 5.32 Å². The van der Waals surface area contributed by atoms with E-state index in [0.717, 1.165) is 16.7 Å². The van der Waals surface area contributed by atoms with Gasteiger partial charge in [-0.3, -0.25) is 4.79 Å². The molecule has 0 aliphatic rings. The zero-order chi connectivity index (χ0) is 20.8. The average molecular weight is 406 g/mol. The number of amides is 1. The molecule has 0 heterocycles. The zero-order valence-electron chi connectivity index (χ0n) is 15.8.